The number of fused-ring (bicyclic) bond motifs is 1. The maximum Gasteiger partial charge on any atom is 0.218 e. The third-order valence-electron chi connectivity index (χ3n) is 3.63. The van der Waals surface area contributed by atoms with Gasteiger partial charge >= 0.3 is 0 Å². The van der Waals surface area contributed by atoms with E-state index in [9.17, 15) is 8.42 Å². The predicted octanol–water partition coefficient (Wildman–Crippen LogP) is 1.97. The van der Waals surface area contributed by atoms with Crippen LogP contribution in [-0.4, -0.2) is 28.8 Å². The van der Waals surface area contributed by atoms with Crippen molar-refractivity contribution in [1.82, 2.24) is 13.9 Å². The van der Waals surface area contributed by atoms with E-state index >= 15 is 0 Å². The molecule has 0 saturated heterocycles. The zero-order valence-corrected chi connectivity index (χ0v) is 13.0. The van der Waals surface area contributed by atoms with Crippen LogP contribution >= 0.6 is 11.6 Å². The third kappa shape index (κ3) is 3.12. The summed E-state index contributed by atoms with van der Waals surface area (Å²) in [5.74, 6) is 1.24. The van der Waals surface area contributed by atoms with Gasteiger partial charge in [-0.05, 0) is 11.1 Å². The van der Waals surface area contributed by atoms with E-state index < -0.39 is 10.0 Å². The first-order valence-corrected chi connectivity index (χ1v) is 8.84. The predicted molar refractivity (Wildman–Crippen MR) is 81.3 cm³/mol. The van der Waals surface area contributed by atoms with Gasteiger partial charge in [0.25, 0.3) is 0 Å². The number of aromatic nitrogens is 2. The van der Waals surface area contributed by atoms with Crippen molar-refractivity contribution in [3.05, 3.63) is 53.6 Å². The molecule has 1 aliphatic rings. The molecule has 0 spiro atoms. The molecule has 0 unspecified atom stereocenters. The molecule has 112 valence electrons. The lowest BCUT2D eigenvalue weighted by atomic mass is 10.2. The number of sulfonamides is 1. The summed E-state index contributed by atoms with van der Waals surface area (Å²) >= 11 is 5.74. The molecule has 1 aromatic heterocycles. The molecule has 7 heteroatoms. The number of rotatable bonds is 4. The molecule has 0 amide bonds. The minimum absolute atomic E-state index is 0.0102. The molecule has 0 N–H and O–H groups in total. The van der Waals surface area contributed by atoms with E-state index in [-0.39, 0.29) is 5.75 Å². The molecule has 0 aliphatic carbocycles. The summed E-state index contributed by atoms with van der Waals surface area (Å²) in [6, 6.07) is 7.36. The number of halogens is 1. The molecule has 0 saturated carbocycles. The molecule has 1 aliphatic heterocycles. The fourth-order valence-corrected chi connectivity index (χ4v) is 4.06. The second-order valence-electron chi connectivity index (χ2n) is 5.08. The topological polar surface area (TPSA) is 55.2 Å². The Bertz CT molecular complexity index is 725. The molecule has 0 bridgehead atoms. The van der Waals surface area contributed by atoms with Crippen LogP contribution in [0.15, 0.2) is 36.7 Å². The van der Waals surface area contributed by atoms with E-state index in [4.69, 9.17) is 11.6 Å². The molecule has 0 fully saturated rings. The Morgan fingerprint density at radius 3 is 2.57 bits per heavy atom. The number of hydrogen-bond acceptors (Lipinski definition) is 3. The largest absolute Gasteiger partial charge is 0.333 e. The Kier molecular flexibility index (Phi) is 4.01. The van der Waals surface area contributed by atoms with Crippen molar-refractivity contribution >= 4 is 21.6 Å². The lowest BCUT2D eigenvalue weighted by Gasteiger charge is -2.27. The maximum atomic E-state index is 12.5. The van der Waals surface area contributed by atoms with Gasteiger partial charge in [0.05, 0.1) is 12.3 Å². The van der Waals surface area contributed by atoms with Gasteiger partial charge in [-0.25, -0.2) is 13.4 Å². The third-order valence-corrected chi connectivity index (χ3v) is 5.73. The van der Waals surface area contributed by atoms with Crippen LogP contribution in [-0.2, 0) is 34.7 Å². The fourth-order valence-electron chi connectivity index (χ4n) is 2.42. The summed E-state index contributed by atoms with van der Waals surface area (Å²) < 4.78 is 28.5. The van der Waals surface area contributed by atoms with E-state index in [0.717, 1.165) is 17.0 Å². The molecule has 0 radical (unpaired) electrons. The van der Waals surface area contributed by atoms with Crippen molar-refractivity contribution in [2.45, 2.75) is 24.7 Å². The first-order chi connectivity index (χ1) is 10.1. The van der Waals surface area contributed by atoms with Crippen molar-refractivity contribution in [3.63, 3.8) is 0 Å². The maximum absolute atomic E-state index is 12.5. The Morgan fingerprint density at radius 1 is 1.14 bits per heavy atom. The second-order valence-corrected chi connectivity index (χ2v) is 7.31. The SMILES string of the molecule is O=S(=O)(Cc1ccc(CCl)cc1)N1CCn2ccnc2C1. The summed E-state index contributed by atoms with van der Waals surface area (Å²) in [6.45, 7) is 1.49. The molecular formula is C14H16ClN3O2S. The van der Waals surface area contributed by atoms with Crippen LogP contribution in [0.3, 0.4) is 0 Å². The molecule has 2 aromatic rings. The van der Waals surface area contributed by atoms with Crippen molar-refractivity contribution < 1.29 is 8.42 Å². The molecule has 21 heavy (non-hydrogen) atoms. The Labute approximate surface area is 129 Å². The van der Waals surface area contributed by atoms with E-state index in [1.807, 2.05) is 35.0 Å². The van der Waals surface area contributed by atoms with Gasteiger partial charge in [0.1, 0.15) is 5.82 Å². The minimum atomic E-state index is -3.33. The van der Waals surface area contributed by atoms with Crippen LogP contribution in [0.1, 0.15) is 17.0 Å². The summed E-state index contributed by atoms with van der Waals surface area (Å²) in [5.41, 5.74) is 1.76. The van der Waals surface area contributed by atoms with E-state index in [1.165, 1.54) is 4.31 Å². The number of alkyl halides is 1. The fraction of sp³-hybridized carbons (Fsp3) is 0.357. The zero-order chi connectivity index (χ0) is 14.9. The summed E-state index contributed by atoms with van der Waals surface area (Å²) in [5, 5.41) is 0. The molecule has 5 nitrogen and oxygen atoms in total. The van der Waals surface area contributed by atoms with Gasteiger partial charge < -0.3 is 4.57 Å². The van der Waals surface area contributed by atoms with Crippen LogP contribution < -0.4 is 0 Å². The monoisotopic (exact) mass is 325 g/mol. The second kappa shape index (κ2) is 5.79. The Hall–Kier alpha value is -1.37. The quantitative estimate of drug-likeness (QED) is 0.808. The number of benzene rings is 1. The normalized spacial score (nSPS) is 15.9. The van der Waals surface area contributed by atoms with Crippen molar-refractivity contribution in [1.29, 1.82) is 0 Å². The standard InChI is InChI=1S/C14H16ClN3O2S/c15-9-12-1-3-13(4-2-12)11-21(19,20)18-8-7-17-6-5-16-14(17)10-18/h1-6H,7-11H2. The van der Waals surface area contributed by atoms with E-state index in [0.29, 0.717) is 25.5 Å². The Morgan fingerprint density at radius 2 is 1.86 bits per heavy atom. The average molecular weight is 326 g/mol. The molecular weight excluding hydrogens is 310 g/mol. The van der Waals surface area contributed by atoms with Crippen molar-refractivity contribution in [2.24, 2.45) is 0 Å². The van der Waals surface area contributed by atoms with Gasteiger partial charge in [-0.15, -0.1) is 11.6 Å². The number of hydrogen-bond donors (Lipinski definition) is 0. The van der Waals surface area contributed by atoms with Crippen molar-refractivity contribution in [2.75, 3.05) is 6.54 Å². The van der Waals surface area contributed by atoms with E-state index in [2.05, 4.69) is 4.98 Å². The highest BCUT2D eigenvalue weighted by atomic mass is 35.5. The van der Waals surface area contributed by atoms with Gasteiger partial charge in [0.15, 0.2) is 0 Å². The van der Waals surface area contributed by atoms with Crippen LogP contribution in [0.25, 0.3) is 0 Å². The van der Waals surface area contributed by atoms with Gasteiger partial charge in [-0.3, -0.25) is 0 Å². The van der Waals surface area contributed by atoms with Gasteiger partial charge in [0, 0.05) is 31.4 Å². The summed E-state index contributed by atoms with van der Waals surface area (Å²) in [6.07, 6.45) is 3.58. The minimum Gasteiger partial charge on any atom is -0.333 e. The van der Waals surface area contributed by atoms with Crippen LogP contribution in [0.5, 0.6) is 0 Å². The van der Waals surface area contributed by atoms with Crippen LogP contribution in [0, 0.1) is 0 Å². The highest BCUT2D eigenvalue weighted by Crippen LogP contribution is 2.18. The molecule has 3 rings (SSSR count). The average Bonchev–Trinajstić information content (AvgIpc) is 2.95. The summed E-state index contributed by atoms with van der Waals surface area (Å²) in [4.78, 5) is 4.19. The Balaban J connectivity index is 1.75. The van der Waals surface area contributed by atoms with E-state index in [1.54, 1.807) is 6.20 Å². The molecule has 0 atom stereocenters. The van der Waals surface area contributed by atoms with Crippen molar-refractivity contribution in [3.8, 4) is 0 Å². The molecule has 2 heterocycles. The number of imidazole rings is 1. The first-order valence-electron chi connectivity index (χ1n) is 6.70. The summed E-state index contributed by atoms with van der Waals surface area (Å²) in [7, 11) is -3.33. The highest BCUT2D eigenvalue weighted by molar-refractivity contribution is 7.88. The lowest BCUT2D eigenvalue weighted by Crippen LogP contribution is -2.38. The highest BCUT2D eigenvalue weighted by Gasteiger charge is 2.27. The molecule has 1 aromatic carbocycles. The first kappa shape index (κ1) is 14.6. The zero-order valence-electron chi connectivity index (χ0n) is 11.4. The lowest BCUT2D eigenvalue weighted by molar-refractivity contribution is 0.335. The smallest absolute Gasteiger partial charge is 0.218 e. The van der Waals surface area contributed by atoms with Gasteiger partial charge in [-0.1, -0.05) is 24.3 Å². The number of nitrogens with zero attached hydrogens (tertiary/aromatic N) is 3. The van der Waals surface area contributed by atoms with Crippen LogP contribution in [0.4, 0.5) is 0 Å². The van der Waals surface area contributed by atoms with Gasteiger partial charge in [-0.2, -0.15) is 4.31 Å². The van der Waals surface area contributed by atoms with Gasteiger partial charge in [0.2, 0.25) is 10.0 Å². The van der Waals surface area contributed by atoms with Crippen LogP contribution in [0.2, 0.25) is 0 Å².